The maximum Gasteiger partial charge on any atom is 0.229 e. The van der Waals surface area contributed by atoms with Gasteiger partial charge in [0.15, 0.2) is 0 Å². The zero-order valence-electron chi connectivity index (χ0n) is 10.7. The van der Waals surface area contributed by atoms with E-state index in [0.29, 0.717) is 17.9 Å². The molecule has 4 nitrogen and oxygen atoms in total. The molecule has 19 heavy (non-hydrogen) atoms. The molecule has 0 spiro atoms. The first-order chi connectivity index (χ1) is 8.99. The molecule has 0 aliphatic rings. The molecule has 100 valence electrons. The zero-order valence-corrected chi connectivity index (χ0v) is 13.1. The van der Waals surface area contributed by atoms with Gasteiger partial charge in [-0.2, -0.15) is 0 Å². The SMILES string of the molecule is Cc1nc(N)c(NC(=O)Cc2cccs2)c(C)c1Br. The van der Waals surface area contributed by atoms with Gasteiger partial charge in [-0.05, 0) is 46.8 Å². The van der Waals surface area contributed by atoms with E-state index in [4.69, 9.17) is 5.73 Å². The number of amides is 1. The predicted octanol–water partition coefficient (Wildman–Crippen LogP) is 3.29. The van der Waals surface area contributed by atoms with Gasteiger partial charge in [0.25, 0.3) is 0 Å². The molecular weight excluding hydrogens is 326 g/mol. The number of aryl methyl sites for hydroxylation is 1. The molecule has 0 unspecified atom stereocenters. The Morgan fingerprint density at radius 2 is 2.26 bits per heavy atom. The molecule has 6 heteroatoms. The lowest BCUT2D eigenvalue weighted by Crippen LogP contribution is -2.17. The van der Waals surface area contributed by atoms with Crippen molar-refractivity contribution in [2.75, 3.05) is 11.1 Å². The quantitative estimate of drug-likeness (QED) is 0.901. The molecule has 1 amide bonds. The molecule has 2 aromatic heterocycles. The molecule has 2 aromatic rings. The van der Waals surface area contributed by atoms with Crippen LogP contribution < -0.4 is 11.1 Å². The maximum absolute atomic E-state index is 12.0. The summed E-state index contributed by atoms with van der Waals surface area (Å²) in [7, 11) is 0. The molecule has 0 radical (unpaired) electrons. The summed E-state index contributed by atoms with van der Waals surface area (Å²) < 4.78 is 0.869. The Kier molecular flexibility index (Phi) is 4.21. The number of aromatic nitrogens is 1. The van der Waals surface area contributed by atoms with Gasteiger partial charge in [0, 0.05) is 9.35 Å². The number of thiophene rings is 1. The minimum atomic E-state index is -0.0881. The fourth-order valence-electron chi connectivity index (χ4n) is 1.77. The molecule has 0 saturated carbocycles. The lowest BCUT2D eigenvalue weighted by Gasteiger charge is -2.13. The minimum absolute atomic E-state index is 0.0881. The van der Waals surface area contributed by atoms with Crippen molar-refractivity contribution < 1.29 is 4.79 Å². The van der Waals surface area contributed by atoms with Crippen molar-refractivity contribution in [2.45, 2.75) is 20.3 Å². The molecular formula is C13H14BrN3OS. The molecule has 0 fully saturated rings. The number of pyridine rings is 1. The van der Waals surface area contributed by atoms with E-state index in [2.05, 4.69) is 26.2 Å². The minimum Gasteiger partial charge on any atom is -0.382 e. The van der Waals surface area contributed by atoms with E-state index in [-0.39, 0.29) is 5.91 Å². The van der Waals surface area contributed by atoms with E-state index in [1.165, 1.54) is 0 Å². The van der Waals surface area contributed by atoms with Gasteiger partial charge in [-0.3, -0.25) is 4.79 Å². The van der Waals surface area contributed by atoms with Gasteiger partial charge in [-0.1, -0.05) is 6.07 Å². The average molecular weight is 340 g/mol. The van der Waals surface area contributed by atoms with Gasteiger partial charge in [-0.25, -0.2) is 4.98 Å². The van der Waals surface area contributed by atoms with Crippen molar-refractivity contribution in [1.82, 2.24) is 4.98 Å². The predicted molar refractivity (Wildman–Crippen MR) is 82.5 cm³/mol. The van der Waals surface area contributed by atoms with Crippen LogP contribution in [-0.2, 0) is 11.2 Å². The Balaban J connectivity index is 2.19. The standard InChI is InChI=1S/C13H14BrN3OS/c1-7-11(14)8(2)16-13(15)12(7)17-10(18)6-9-4-3-5-19-9/h3-5H,6H2,1-2H3,(H2,15,16)(H,17,18). The summed E-state index contributed by atoms with van der Waals surface area (Å²) in [6.45, 7) is 3.76. The summed E-state index contributed by atoms with van der Waals surface area (Å²) >= 11 is 5.01. The fraction of sp³-hybridized carbons (Fsp3) is 0.231. The summed E-state index contributed by atoms with van der Waals surface area (Å²) in [6, 6.07) is 3.86. The van der Waals surface area contributed by atoms with Crippen LogP contribution in [0.5, 0.6) is 0 Å². The van der Waals surface area contributed by atoms with Gasteiger partial charge in [0.1, 0.15) is 5.82 Å². The van der Waals surface area contributed by atoms with E-state index in [1.54, 1.807) is 11.3 Å². The van der Waals surface area contributed by atoms with Crippen LogP contribution >= 0.6 is 27.3 Å². The van der Waals surface area contributed by atoms with Crippen LogP contribution in [0.4, 0.5) is 11.5 Å². The largest absolute Gasteiger partial charge is 0.382 e. The lowest BCUT2D eigenvalue weighted by atomic mass is 10.2. The molecule has 2 rings (SSSR count). The first kappa shape index (κ1) is 14.0. The maximum atomic E-state index is 12.0. The van der Waals surface area contributed by atoms with Crippen LogP contribution in [0, 0.1) is 13.8 Å². The highest BCUT2D eigenvalue weighted by Gasteiger charge is 2.14. The van der Waals surface area contributed by atoms with Gasteiger partial charge in [-0.15, -0.1) is 11.3 Å². The van der Waals surface area contributed by atoms with E-state index in [9.17, 15) is 4.79 Å². The van der Waals surface area contributed by atoms with Crippen LogP contribution in [0.1, 0.15) is 16.1 Å². The highest BCUT2D eigenvalue weighted by Crippen LogP contribution is 2.30. The van der Waals surface area contributed by atoms with Gasteiger partial charge >= 0.3 is 0 Å². The van der Waals surface area contributed by atoms with Crippen LogP contribution in [0.25, 0.3) is 0 Å². The number of nitrogens with zero attached hydrogens (tertiary/aromatic N) is 1. The number of carbonyl (C=O) groups is 1. The van der Waals surface area contributed by atoms with E-state index >= 15 is 0 Å². The highest BCUT2D eigenvalue weighted by atomic mass is 79.9. The Hall–Kier alpha value is -1.40. The Bertz CT molecular complexity index is 611. The van der Waals surface area contributed by atoms with Crippen molar-refractivity contribution in [2.24, 2.45) is 0 Å². The van der Waals surface area contributed by atoms with E-state index in [0.717, 1.165) is 20.6 Å². The topological polar surface area (TPSA) is 68.0 Å². The van der Waals surface area contributed by atoms with Gasteiger partial charge in [0.2, 0.25) is 5.91 Å². The Morgan fingerprint density at radius 1 is 1.53 bits per heavy atom. The summed E-state index contributed by atoms with van der Waals surface area (Å²) in [4.78, 5) is 17.2. The summed E-state index contributed by atoms with van der Waals surface area (Å²) in [5.41, 5.74) is 8.16. The van der Waals surface area contributed by atoms with Crippen molar-refractivity contribution in [1.29, 1.82) is 0 Å². The molecule has 0 aromatic carbocycles. The van der Waals surface area contributed by atoms with Crippen LogP contribution in [0.2, 0.25) is 0 Å². The third-order valence-electron chi connectivity index (χ3n) is 2.75. The molecule has 3 N–H and O–H groups in total. The Labute approximate surface area is 124 Å². The number of anilines is 2. The third-order valence-corrected chi connectivity index (χ3v) is 4.79. The summed E-state index contributed by atoms with van der Waals surface area (Å²) in [6.07, 6.45) is 0.349. The third kappa shape index (κ3) is 3.13. The zero-order chi connectivity index (χ0) is 14.0. The van der Waals surface area contributed by atoms with Crippen LogP contribution in [0.3, 0.4) is 0 Å². The molecule has 0 atom stereocenters. The van der Waals surface area contributed by atoms with E-state index in [1.807, 2.05) is 31.4 Å². The van der Waals surface area contributed by atoms with Crippen molar-refractivity contribution in [3.63, 3.8) is 0 Å². The number of nitrogen functional groups attached to an aromatic ring is 1. The lowest BCUT2D eigenvalue weighted by molar-refractivity contribution is -0.115. The number of carbonyl (C=O) groups excluding carboxylic acids is 1. The second-order valence-corrected chi connectivity index (χ2v) is 6.03. The van der Waals surface area contributed by atoms with Crippen molar-refractivity contribution >= 4 is 44.7 Å². The van der Waals surface area contributed by atoms with Gasteiger partial charge in [0.05, 0.1) is 17.8 Å². The number of nitrogens with one attached hydrogen (secondary N) is 1. The number of rotatable bonds is 3. The monoisotopic (exact) mass is 339 g/mol. The molecule has 2 heterocycles. The molecule has 0 bridgehead atoms. The van der Waals surface area contributed by atoms with Gasteiger partial charge < -0.3 is 11.1 Å². The fourth-order valence-corrected chi connectivity index (χ4v) is 2.76. The summed E-state index contributed by atoms with van der Waals surface area (Å²) in [5.74, 6) is 0.257. The summed E-state index contributed by atoms with van der Waals surface area (Å²) in [5, 5.41) is 4.79. The Morgan fingerprint density at radius 3 is 2.89 bits per heavy atom. The number of hydrogen-bond donors (Lipinski definition) is 2. The number of halogens is 1. The number of hydrogen-bond acceptors (Lipinski definition) is 4. The average Bonchev–Trinajstić information content (AvgIpc) is 2.85. The van der Waals surface area contributed by atoms with Crippen LogP contribution in [0.15, 0.2) is 22.0 Å². The van der Waals surface area contributed by atoms with Crippen molar-refractivity contribution in [3.8, 4) is 0 Å². The number of nitrogens with two attached hydrogens (primary N) is 1. The molecule has 0 aliphatic carbocycles. The molecule has 0 aliphatic heterocycles. The van der Waals surface area contributed by atoms with E-state index < -0.39 is 0 Å². The highest BCUT2D eigenvalue weighted by molar-refractivity contribution is 9.10. The first-order valence-electron chi connectivity index (χ1n) is 5.73. The molecule has 0 saturated heterocycles. The second-order valence-electron chi connectivity index (χ2n) is 4.20. The second kappa shape index (κ2) is 5.71. The van der Waals surface area contributed by atoms with Crippen molar-refractivity contribution in [3.05, 3.63) is 38.1 Å². The van der Waals surface area contributed by atoms with Crippen LogP contribution in [-0.4, -0.2) is 10.9 Å². The smallest absolute Gasteiger partial charge is 0.229 e. The normalized spacial score (nSPS) is 10.5. The first-order valence-corrected chi connectivity index (χ1v) is 7.40.